The van der Waals surface area contributed by atoms with Gasteiger partial charge < -0.3 is 9.47 Å². The molecule has 0 atom stereocenters. The van der Waals surface area contributed by atoms with Gasteiger partial charge in [-0.05, 0) is 70.1 Å². The zero-order valence-electron chi connectivity index (χ0n) is 17.0. The van der Waals surface area contributed by atoms with Gasteiger partial charge in [-0.3, -0.25) is 4.55 Å². The zero-order valence-corrected chi connectivity index (χ0v) is 17.8. The Hall–Kier alpha value is -1.06. The number of hydrogen-bond acceptors (Lipinski definition) is 5. The second-order valence-electron chi connectivity index (χ2n) is 9.62. The molecule has 29 heavy (non-hydrogen) atoms. The van der Waals surface area contributed by atoms with Crippen molar-refractivity contribution in [3.8, 4) is 0 Å². The van der Waals surface area contributed by atoms with Gasteiger partial charge in [0.25, 0.3) is 0 Å². The fourth-order valence-corrected chi connectivity index (χ4v) is 6.18. The van der Waals surface area contributed by atoms with Gasteiger partial charge in [-0.2, -0.15) is 17.2 Å². The summed E-state index contributed by atoms with van der Waals surface area (Å²) in [5.41, 5.74) is -0.713. The van der Waals surface area contributed by atoms with Crippen molar-refractivity contribution in [2.24, 2.45) is 23.2 Å². The largest absolute Gasteiger partial charge is 0.456 e. The minimum Gasteiger partial charge on any atom is -0.456 e. The third-order valence-corrected chi connectivity index (χ3v) is 8.10. The first-order valence-corrected chi connectivity index (χ1v) is 11.5. The van der Waals surface area contributed by atoms with E-state index in [0.29, 0.717) is 17.8 Å². The number of esters is 1. The van der Waals surface area contributed by atoms with E-state index in [1.807, 2.05) is 13.8 Å². The quantitative estimate of drug-likeness (QED) is 0.255. The normalized spacial score (nSPS) is 31.7. The molecular weight excluding hydrogens is 406 g/mol. The minimum atomic E-state index is -5.49. The average molecular weight is 437 g/mol. The Balaban J connectivity index is 1.51. The molecule has 4 rings (SSSR count). The molecule has 6 nitrogen and oxygen atoms in total. The van der Waals surface area contributed by atoms with Crippen LogP contribution in [0.1, 0.15) is 58.8 Å². The van der Waals surface area contributed by atoms with Crippen LogP contribution in [0.3, 0.4) is 0 Å². The average Bonchev–Trinajstić information content (AvgIpc) is 2.55. The van der Waals surface area contributed by atoms with Crippen LogP contribution in [0.15, 0.2) is 12.2 Å². The highest BCUT2D eigenvalue weighted by Crippen LogP contribution is 2.64. The van der Waals surface area contributed by atoms with Gasteiger partial charge in [0.1, 0.15) is 5.60 Å². The van der Waals surface area contributed by atoms with Crippen molar-refractivity contribution in [1.29, 1.82) is 0 Å². The number of hydrogen-bond donors (Lipinski definition) is 1. The molecule has 0 aromatic carbocycles. The van der Waals surface area contributed by atoms with Gasteiger partial charge >= 0.3 is 21.3 Å². The molecule has 0 radical (unpaired) electrons. The Morgan fingerprint density at radius 1 is 1.14 bits per heavy atom. The van der Waals surface area contributed by atoms with Crippen molar-refractivity contribution in [2.75, 3.05) is 13.2 Å². The second kappa shape index (κ2) is 7.57. The summed E-state index contributed by atoms with van der Waals surface area (Å²) in [6, 6.07) is 0. The van der Waals surface area contributed by atoms with Crippen molar-refractivity contribution in [1.82, 2.24) is 0 Å². The highest BCUT2D eigenvalue weighted by molar-refractivity contribution is 7.86. The van der Waals surface area contributed by atoms with Crippen LogP contribution in [0, 0.1) is 23.2 Å². The van der Waals surface area contributed by atoms with Gasteiger partial charge in [0.05, 0.1) is 25.2 Å². The van der Waals surface area contributed by atoms with E-state index in [9.17, 15) is 22.0 Å². The smallest absolute Gasteiger partial charge is 0.372 e. The highest BCUT2D eigenvalue weighted by atomic mass is 32.2. The van der Waals surface area contributed by atoms with Crippen molar-refractivity contribution >= 4 is 16.1 Å². The lowest BCUT2D eigenvalue weighted by Gasteiger charge is -2.61. The van der Waals surface area contributed by atoms with E-state index >= 15 is 0 Å². The molecule has 0 saturated heterocycles. The molecule has 0 aromatic heterocycles. The third-order valence-electron chi connectivity index (χ3n) is 7.14. The maximum absolute atomic E-state index is 13.2. The van der Waals surface area contributed by atoms with E-state index in [4.69, 9.17) is 14.0 Å². The minimum absolute atomic E-state index is 0.0158. The molecule has 0 aliphatic heterocycles. The maximum atomic E-state index is 13.2. The molecule has 4 aliphatic rings. The van der Waals surface area contributed by atoms with Gasteiger partial charge in [0, 0.05) is 5.41 Å². The molecule has 1 N–H and O–H groups in total. The van der Waals surface area contributed by atoms with Crippen LogP contribution in [-0.2, 0) is 24.4 Å². The number of halogens is 2. The SMILES string of the molecule is C=C(COCCC(F)(F)S(=O)(=O)O)C(=O)OC(C)(C)C12CC3CC(CC(C3)C1)C2. The van der Waals surface area contributed by atoms with E-state index in [2.05, 4.69) is 6.58 Å². The summed E-state index contributed by atoms with van der Waals surface area (Å²) in [5, 5.41) is -4.30. The van der Waals surface area contributed by atoms with Gasteiger partial charge in [-0.25, -0.2) is 4.79 Å². The fraction of sp³-hybridized carbons (Fsp3) is 0.850. The van der Waals surface area contributed by atoms with E-state index in [0.717, 1.165) is 19.3 Å². The predicted octanol–water partition coefficient (Wildman–Crippen LogP) is 3.97. The first kappa shape index (κ1) is 22.6. The Morgan fingerprint density at radius 3 is 2.07 bits per heavy atom. The summed E-state index contributed by atoms with van der Waals surface area (Å²) in [7, 11) is -5.49. The van der Waals surface area contributed by atoms with Crippen LogP contribution < -0.4 is 0 Å². The van der Waals surface area contributed by atoms with Crippen LogP contribution in [0.5, 0.6) is 0 Å². The van der Waals surface area contributed by atoms with E-state index in [1.54, 1.807) is 0 Å². The molecule has 0 unspecified atom stereocenters. The summed E-state index contributed by atoms with van der Waals surface area (Å²) >= 11 is 0. The predicted molar refractivity (Wildman–Crippen MR) is 102 cm³/mol. The Kier molecular flexibility index (Phi) is 5.90. The Bertz CT molecular complexity index is 739. The van der Waals surface area contributed by atoms with Crippen LogP contribution in [0.25, 0.3) is 0 Å². The van der Waals surface area contributed by atoms with Crippen molar-refractivity contribution < 1.29 is 36.0 Å². The van der Waals surface area contributed by atoms with Gasteiger partial charge in [-0.15, -0.1) is 0 Å². The number of alkyl halides is 2. The molecule has 166 valence electrons. The maximum Gasteiger partial charge on any atom is 0.372 e. The molecule has 0 aromatic rings. The molecule has 4 saturated carbocycles. The van der Waals surface area contributed by atoms with Crippen molar-refractivity contribution in [3.05, 3.63) is 12.2 Å². The first-order chi connectivity index (χ1) is 13.2. The molecule has 0 amide bonds. The summed E-state index contributed by atoms with van der Waals surface area (Å²) in [6.45, 7) is 6.49. The molecule has 4 aliphatic carbocycles. The fourth-order valence-electron chi connectivity index (χ4n) is 5.83. The van der Waals surface area contributed by atoms with E-state index < -0.39 is 40.0 Å². The highest BCUT2D eigenvalue weighted by Gasteiger charge is 2.58. The van der Waals surface area contributed by atoms with Crippen LogP contribution in [-0.4, -0.2) is 43.0 Å². The summed E-state index contributed by atoms with van der Waals surface area (Å²) < 4.78 is 66.7. The first-order valence-electron chi connectivity index (χ1n) is 10.1. The third kappa shape index (κ3) is 4.51. The van der Waals surface area contributed by atoms with Gasteiger partial charge in [0.15, 0.2) is 0 Å². The molecular formula is C20H30F2O6S. The van der Waals surface area contributed by atoms with Crippen molar-refractivity contribution in [2.45, 2.75) is 69.6 Å². The van der Waals surface area contributed by atoms with Gasteiger partial charge in [-0.1, -0.05) is 6.58 Å². The van der Waals surface area contributed by atoms with Crippen LogP contribution in [0.2, 0.25) is 0 Å². The monoisotopic (exact) mass is 436 g/mol. The van der Waals surface area contributed by atoms with E-state index in [-0.39, 0.29) is 17.6 Å². The Morgan fingerprint density at radius 2 is 1.62 bits per heavy atom. The topological polar surface area (TPSA) is 89.9 Å². The number of carbonyl (C=O) groups is 1. The molecule has 4 fully saturated rings. The summed E-state index contributed by atoms with van der Waals surface area (Å²) in [6.07, 6.45) is 5.80. The van der Waals surface area contributed by atoms with Crippen LogP contribution in [0.4, 0.5) is 8.78 Å². The second-order valence-corrected chi connectivity index (χ2v) is 11.2. The van der Waals surface area contributed by atoms with E-state index in [1.165, 1.54) is 19.3 Å². The molecule has 0 heterocycles. The Labute approximate surface area is 170 Å². The number of rotatable bonds is 9. The zero-order chi connectivity index (χ0) is 21.7. The lowest BCUT2D eigenvalue weighted by molar-refractivity contribution is -0.195. The lowest BCUT2D eigenvalue weighted by Crippen LogP contribution is -2.57. The standard InChI is InChI=1S/C20H30F2O6S/c1-13(12-27-5-4-20(21,22)29(24,25)26)17(23)28-18(2,3)19-9-14-6-15(10-19)8-16(7-14)11-19/h14-16H,1,4-12H2,2-3H3,(H,24,25,26). The molecule has 4 bridgehead atoms. The summed E-state index contributed by atoms with van der Waals surface area (Å²) in [5.74, 6) is 1.48. The number of carbonyl (C=O) groups excluding carboxylic acids is 1. The lowest BCUT2D eigenvalue weighted by atomic mass is 9.46. The van der Waals surface area contributed by atoms with Crippen LogP contribution >= 0.6 is 0 Å². The molecule has 9 heteroatoms. The summed E-state index contributed by atoms with van der Waals surface area (Å²) in [4.78, 5) is 12.5. The number of ether oxygens (including phenoxy) is 2. The van der Waals surface area contributed by atoms with Gasteiger partial charge in [0.2, 0.25) is 0 Å². The molecule has 0 spiro atoms. The van der Waals surface area contributed by atoms with Crippen molar-refractivity contribution in [3.63, 3.8) is 0 Å².